The van der Waals surface area contributed by atoms with Gasteiger partial charge in [0.1, 0.15) is 6.54 Å². The van der Waals surface area contributed by atoms with E-state index >= 15 is 0 Å². The monoisotopic (exact) mass is 267 g/mol. The van der Waals surface area contributed by atoms with E-state index in [4.69, 9.17) is 0 Å². The fourth-order valence-electron chi connectivity index (χ4n) is 2.03. The highest BCUT2D eigenvalue weighted by Crippen LogP contribution is 2.35. The first-order chi connectivity index (χ1) is 8.17. The van der Waals surface area contributed by atoms with Gasteiger partial charge in [-0.15, -0.1) is 0 Å². The maximum absolute atomic E-state index is 2.36. The molecule has 0 unspecified atom stereocenters. The molecule has 0 saturated carbocycles. The molecule has 92 valence electrons. The Morgan fingerprint density at radius 3 is 2.76 bits per heavy atom. The first-order valence-corrected chi connectivity index (χ1v) is 7.73. The Balaban J connectivity index is 2.31. The van der Waals surface area contributed by atoms with Crippen LogP contribution in [0.1, 0.15) is 31.5 Å². The SMILES string of the molecule is CCN1C(C)=CS/C1=C\c1scc(C)[n+]1CC. The standard InChI is InChI=1S/C13H19N2S2/c1-5-14-10(3)8-16-12(14)7-13-15(6-2)11(4)9-17-13/h7-9H,5-6H2,1-4H3/q+1. The Morgan fingerprint density at radius 1 is 1.35 bits per heavy atom. The summed E-state index contributed by atoms with van der Waals surface area (Å²) >= 11 is 3.65. The van der Waals surface area contributed by atoms with Crippen molar-refractivity contribution in [3.63, 3.8) is 0 Å². The number of allylic oxidation sites excluding steroid dienone is 1. The minimum absolute atomic E-state index is 1.04. The van der Waals surface area contributed by atoms with Crippen LogP contribution in [0.4, 0.5) is 0 Å². The maximum Gasteiger partial charge on any atom is 0.264 e. The third-order valence-electron chi connectivity index (χ3n) is 2.96. The molecule has 1 aliphatic rings. The molecule has 1 aliphatic heterocycles. The molecule has 0 spiro atoms. The van der Waals surface area contributed by atoms with Gasteiger partial charge in [0.2, 0.25) is 0 Å². The van der Waals surface area contributed by atoms with Crippen LogP contribution in [0, 0.1) is 6.92 Å². The van der Waals surface area contributed by atoms with Gasteiger partial charge in [0.05, 0.1) is 16.5 Å². The fraction of sp³-hybridized carbons (Fsp3) is 0.462. The van der Waals surface area contributed by atoms with E-state index in [0.29, 0.717) is 0 Å². The first kappa shape index (κ1) is 12.7. The Morgan fingerprint density at radius 2 is 2.12 bits per heavy atom. The molecule has 0 fully saturated rings. The van der Waals surface area contributed by atoms with Crippen molar-refractivity contribution < 1.29 is 4.57 Å². The molecule has 2 rings (SSSR count). The summed E-state index contributed by atoms with van der Waals surface area (Å²) < 4.78 is 2.36. The molecule has 2 heterocycles. The molecule has 0 amide bonds. The highest BCUT2D eigenvalue weighted by molar-refractivity contribution is 8.06. The van der Waals surface area contributed by atoms with E-state index in [9.17, 15) is 0 Å². The Labute approximate surface area is 112 Å². The van der Waals surface area contributed by atoms with E-state index in [1.54, 1.807) is 0 Å². The summed E-state index contributed by atoms with van der Waals surface area (Å²) in [5.41, 5.74) is 2.69. The maximum atomic E-state index is 2.36. The number of hydrogen-bond donors (Lipinski definition) is 0. The van der Waals surface area contributed by atoms with Crippen molar-refractivity contribution in [2.75, 3.05) is 6.54 Å². The quantitative estimate of drug-likeness (QED) is 0.773. The van der Waals surface area contributed by atoms with Crippen LogP contribution in [-0.2, 0) is 6.54 Å². The van der Waals surface area contributed by atoms with Crippen molar-refractivity contribution in [2.45, 2.75) is 34.2 Å². The molecule has 0 N–H and O–H groups in total. The van der Waals surface area contributed by atoms with Crippen molar-refractivity contribution in [3.05, 3.63) is 32.2 Å². The van der Waals surface area contributed by atoms with E-state index in [-0.39, 0.29) is 0 Å². The van der Waals surface area contributed by atoms with Crippen molar-refractivity contribution in [1.82, 2.24) is 4.90 Å². The van der Waals surface area contributed by atoms with Crippen LogP contribution in [0.15, 0.2) is 21.5 Å². The highest BCUT2D eigenvalue weighted by Gasteiger charge is 2.20. The second-order valence-electron chi connectivity index (χ2n) is 4.06. The highest BCUT2D eigenvalue weighted by atomic mass is 32.2. The molecule has 4 heteroatoms. The van der Waals surface area contributed by atoms with Crippen molar-refractivity contribution in [1.29, 1.82) is 0 Å². The zero-order valence-corrected chi connectivity index (χ0v) is 12.5. The lowest BCUT2D eigenvalue weighted by atomic mass is 10.4. The number of rotatable bonds is 3. The number of aryl methyl sites for hydroxylation is 1. The van der Waals surface area contributed by atoms with Crippen LogP contribution in [0.5, 0.6) is 0 Å². The zero-order valence-electron chi connectivity index (χ0n) is 10.9. The molecule has 17 heavy (non-hydrogen) atoms. The zero-order chi connectivity index (χ0) is 12.4. The molecule has 2 nitrogen and oxygen atoms in total. The van der Waals surface area contributed by atoms with Crippen LogP contribution in [0.3, 0.4) is 0 Å². The van der Waals surface area contributed by atoms with Crippen LogP contribution < -0.4 is 4.57 Å². The lowest BCUT2D eigenvalue weighted by Crippen LogP contribution is -2.36. The largest absolute Gasteiger partial charge is 0.339 e. The molecule has 0 bridgehead atoms. The summed E-state index contributed by atoms with van der Waals surface area (Å²) in [4.78, 5) is 2.36. The Bertz CT molecular complexity index is 472. The van der Waals surface area contributed by atoms with Gasteiger partial charge in [-0.3, -0.25) is 0 Å². The third-order valence-corrected chi connectivity index (χ3v) is 5.04. The van der Waals surface area contributed by atoms with E-state index in [1.165, 1.54) is 21.4 Å². The number of aromatic nitrogens is 1. The van der Waals surface area contributed by atoms with Gasteiger partial charge in [0.15, 0.2) is 5.69 Å². The van der Waals surface area contributed by atoms with Crippen molar-refractivity contribution >= 4 is 29.2 Å². The van der Waals surface area contributed by atoms with Gasteiger partial charge in [-0.05, 0) is 26.2 Å². The van der Waals surface area contributed by atoms with Gasteiger partial charge >= 0.3 is 0 Å². The predicted molar refractivity (Wildman–Crippen MR) is 76.6 cm³/mol. The summed E-state index contributed by atoms with van der Waals surface area (Å²) in [6.45, 7) is 10.8. The molecular formula is C13H19N2S2+. The molecule has 0 radical (unpaired) electrons. The smallest absolute Gasteiger partial charge is 0.264 e. The third kappa shape index (κ3) is 2.43. The first-order valence-electron chi connectivity index (χ1n) is 5.98. The topological polar surface area (TPSA) is 7.12 Å². The summed E-state index contributed by atoms with van der Waals surface area (Å²) in [6.07, 6.45) is 2.31. The van der Waals surface area contributed by atoms with Gasteiger partial charge in [0, 0.05) is 19.2 Å². The molecule has 0 atom stereocenters. The van der Waals surface area contributed by atoms with E-state index in [2.05, 4.69) is 54.0 Å². The van der Waals surface area contributed by atoms with Gasteiger partial charge in [0.25, 0.3) is 5.01 Å². The van der Waals surface area contributed by atoms with Crippen LogP contribution in [-0.4, -0.2) is 11.4 Å². The minimum Gasteiger partial charge on any atom is -0.339 e. The second-order valence-corrected chi connectivity index (χ2v) is 5.84. The van der Waals surface area contributed by atoms with Crippen LogP contribution in [0.2, 0.25) is 0 Å². The fourth-order valence-corrected chi connectivity index (χ4v) is 4.11. The Kier molecular flexibility index (Phi) is 3.94. The number of nitrogens with zero attached hydrogens (tertiary/aromatic N) is 2. The van der Waals surface area contributed by atoms with Gasteiger partial charge in [-0.1, -0.05) is 23.1 Å². The molecule has 0 aromatic carbocycles. The lowest BCUT2D eigenvalue weighted by molar-refractivity contribution is -0.696. The molecule has 1 aromatic heterocycles. The second kappa shape index (κ2) is 5.27. The van der Waals surface area contributed by atoms with E-state index in [0.717, 1.165) is 13.1 Å². The van der Waals surface area contributed by atoms with Gasteiger partial charge in [-0.2, -0.15) is 4.57 Å². The average molecular weight is 267 g/mol. The van der Waals surface area contributed by atoms with Crippen molar-refractivity contribution in [2.24, 2.45) is 0 Å². The Hall–Kier alpha value is -0.740. The van der Waals surface area contributed by atoms with Crippen molar-refractivity contribution in [3.8, 4) is 0 Å². The van der Waals surface area contributed by atoms with Crippen LogP contribution >= 0.6 is 23.1 Å². The lowest BCUT2D eigenvalue weighted by Gasteiger charge is -2.18. The summed E-state index contributed by atoms with van der Waals surface area (Å²) in [5.74, 6) is 0. The van der Waals surface area contributed by atoms with Gasteiger partial charge < -0.3 is 4.90 Å². The molecule has 1 aromatic rings. The molecular weight excluding hydrogens is 248 g/mol. The summed E-state index contributed by atoms with van der Waals surface area (Å²) in [7, 11) is 0. The predicted octanol–water partition coefficient (Wildman–Crippen LogP) is 3.59. The summed E-state index contributed by atoms with van der Waals surface area (Å²) in [5, 5.41) is 7.14. The number of hydrogen-bond acceptors (Lipinski definition) is 3. The summed E-state index contributed by atoms with van der Waals surface area (Å²) in [6, 6.07) is 0. The van der Waals surface area contributed by atoms with E-state index < -0.39 is 0 Å². The number of thioether (sulfide) groups is 1. The molecule has 0 aliphatic carbocycles. The van der Waals surface area contributed by atoms with Gasteiger partial charge in [-0.25, -0.2) is 0 Å². The normalized spacial score (nSPS) is 18.0. The minimum atomic E-state index is 1.04. The van der Waals surface area contributed by atoms with E-state index in [1.807, 2.05) is 23.1 Å². The number of thiazole rings is 1. The average Bonchev–Trinajstić information content (AvgIpc) is 2.83. The van der Waals surface area contributed by atoms with Crippen LogP contribution in [0.25, 0.3) is 6.08 Å². The molecule has 0 saturated heterocycles.